The molecule has 6 atom stereocenters. The highest BCUT2D eigenvalue weighted by Crippen LogP contribution is 2.21. The van der Waals surface area contributed by atoms with Crippen molar-refractivity contribution in [2.75, 3.05) is 13.1 Å². The molecule has 0 aromatic heterocycles. The molecule has 60 heavy (non-hydrogen) atoms. The molecule has 1 fully saturated rings. The van der Waals surface area contributed by atoms with Crippen LogP contribution in [-0.4, -0.2) is 135 Å². The number of Topliss-reactive ketones (excluding diaryl/α,β-unsaturated/α-hetero) is 1. The van der Waals surface area contributed by atoms with Crippen LogP contribution in [0, 0.1) is 5.92 Å². The highest BCUT2D eigenvalue weighted by Gasteiger charge is 2.40. The first-order valence-corrected chi connectivity index (χ1v) is 19.6. The molecule has 1 aromatic rings. The van der Waals surface area contributed by atoms with Gasteiger partial charge in [-0.05, 0) is 43.6 Å². The van der Waals surface area contributed by atoms with Gasteiger partial charge in [-0.1, -0.05) is 57.5 Å². The van der Waals surface area contributed by atoms with Crippen LogP contribution in [0.15, 0.2) is 30.3 Å². The minimum Gasteiger partial charge on any atom is -0.481 e. The topological polar surface area (TPSA) is 324 Å². The lowest BCUT2D eigenvalue weighted by molar-refractivity contribution is -0.144. The number of ketones is 1. The summed E-state index contributed by atoms with van der Waals surface area (Å²) in [6, 6.07) is 0.543. The zero-order chi connectivity index (χ0) is 45.1. The average Bonchev–Trinajstić information content (AvgIpc) is 3.68. The van der Waals surface area contributed by atoms with Gasteiger partial charge in [0.25, 0.3) is 5.91 Å². The van der Waals surface area contributed by atoms with Crippen LogP contribution in [-0.2, 0) is 59.2 Å². The first-order chi connectivity index (χ1) is 28.2. The molecular formula is C39H55N7O14. The van der Waals surface area contributed by atoms with Crippen LogP contribution in [0.1, 0.15) is 84.6 Å². The van der Waals surface area contributed by atoms with Crippen molar-refractivity contribution in [2.24, 2.45) is 5.92 Å². The molecule has 21 heteroatoms. The lowest BCUT2D eigenvalue weighted by atomic mass is 9.99. The van der Waals surface area contributed by atoms with Crippen LogP contribution in [0.2, 0.25) is 0 Å². The number of nitrogens with zero attached hydrogens (tertiary/aromatic N) is 1. The molecule has 0 aliphatic carbocycles. The van der Waals surface area contributed by atoms with Gasteiger partial charge in [-0.3, -0.25) is 52.7 Å². The van der Waals surface area contributed by atoms with Crippen molar-refractivity contribution in [2.45, 2.75) is 122 Å². The number of hydrogen-bond acceptors (Lipinski definition) is 11. The van der Waals surface area contributed by atoms with Crippen LogP contribution in [0.5, 0.6) is 0 Å². The van der Waals surface area contributed by atoms with Gasteiger partial charge in [-0.15, -0.1) is 0 Å². The Labute approximate surface area is 346 Å². The summed E-state index contributed by atoms with van der Waals surface area (Å²) in [7, 11) is 0. The van der Waals surface area contributed by atoms with E-state index in [4.69, 9.17) is 10.2 Å². The van der Waals surface area contributed by atoms with Crippen LogP contribution < -0.4 is 31.9 Å². The average molecular weight is 846 g/mol. The van der Waals surface area contributed by atoms with Gasteiger partial charge < -0.3 is 52.1 Å². The number of likely N-dealkylation sites (tertiary alicyclic amines) is 1. The summed E-state index contributed by atoms with van der Waals surface area (Å²) in [4.78, 5) is 140. The van der Waals surface area contributed by atoms with Crippen molar-refractivity contribution in [1.82, 2.24) is 36.8 Å². The van der Waals surface area contributed by atoms with Gasteiger partial charge in [0, 0.05) is 32.7 Å². The van der Waals surface area contributed by atoms with E-state index in [1.54, 1.807) is 51.1 Å². The molecule has 2 rings (SSSR count). The number of carbonyl (C=O) groups excluding carboxylic acids is 8. The lowest BCUT2D eigenvalue weighted by Gasteiger charge is -2.31. The highest BCUT2D eigenvalue weighted by molar-refractivity contribution is 6.38. The quantitative estimate of drug-likeness (QED) is 0.0513. The summed E-state index contributed by atoms with van der Waals surface area (Å²) in [6.07, 6.45) is -1.01. The van der Waals surface area contributed by atoms with Gasteiger partial charge in [0.15, 0.2) is 0 Å². The fraction of sp³-hybridized carbons (Fsp3) is 0.564. The molecular weight excluding hydrogens is 790 g/mol. The fourth-order valence-corrected chi connectivity index (χ4v) is 6.42. The van der Waals surface area contributed by atoms with E-state index in [-0.39, 0.29) is 32.2 Å². The Morgan fingerprint density at radius 2 is 1.27 bits per heavy atom. The Hall–Kier alpha value is -6.41. The number of amides is 7. The first-order valence-electron chi connectivity index (χ1n) is 19.6. The molecule has 9 N–H and O–H groups in total. The molecule has 0 unspecified atom stereocenters. The maximum absolute atomic E-state index is 14.3. The van der Waals surface area contributed by atoms with Gasteiger partial charge in [0.1, 0.15) is 36.8 Å². The Balaban J connectivity index is 2.37. The summed E-state index contributed by atoms with van der Waals surface area (Å²) in [5.41, 5.74) is 0.621. The monoisotopic (exact) mass is 845 g/mol. The summed E-state index contributed by atoms with van der Waals surface area (Å²) < 4.78 is 0. The fourth-order valence-electron chi connectivity index (χ4n) is 6.42. The number of carboxylic acids is 3. The van der Waals surface area contributed by atoms with E-state index in [1.165, 1.54) is 4.90 Å². The van der Waals surface area contributed by atoms with E-state index in [1.807, 2.05) is 5.32 Å². The summed E-state index contributed by atoms with van der Waals surface area (Å²) in [6.45, 7) is 5.24. The third-order valence-electron chi connectivity index (χ3n) is 9.44. The lowest BCUT2D eigenvalue weighted by Crippen LogP contribution is -2.60. The SMILES string of the molecule is CCC[C@H](NC(=O)[C@@H]1CCCN1C(=O)[C@H](Cc1ccccc1)NC(=O)[C@@H](NC(=O)[C@H](CCC(=O)O)NC(=O)[C@H](CCC(=O)O)NC(C)=O)C(C)C)C(=O)C(=O)NCC(=O)O. The van der Waals surface area contributed by atoms with Gasteiger partial charge in [0.05, 0.1) is 6.04 Å². The second-order valence-electron chi connectivity index (χ2n) is 14.6. The molecule has 0 saturated carbocycles. The predicted molar refractivity (Wildman–Crippen MR) is 209 cm³/mol. The predicted octanol–water partition coefficient (Wildman–Crippen LogP) is -1.38. The van der Waals surface area contributed by atoms with E-state index in [2.05, 4.69) is 26.6 Å². The van der Waals surface area contributed by atoms with Gasteiger partial charge >= 0.3 is 17.9 Å². The summed E-state index contributed by atoms with van der Waals surface area (Å²) in [5, 5.41) is 41.7. The van der Waals surface area contributed by atoms with Crippen molar-refractivity contribution in [1.29, 1.82) is 0 Å². The molecule has 21 nitrogen and oxygen atoms in total. The maximum Gasteiger partial charge on any atom is 0.322 e. The Bertz CT molecular complexity index is 1750. The van der Waals surface area contributed by atoms with Crippen molar-refractivity contribution >= 4 is 65.0 Å². The third-order valence-corrected chi connectivity index (χ3v) is 9.44. The maximum atomic E-state index is 14.3. The normalized spacial score (nSPS) is 15.9. The van der Waals surface area contributed by atoms with E-state index in [0.29, 0.717) is 18.4 Å². The number of aliphatic carboxylic acids is 3. The molecule has 330 valence electrons. The standard InChI is InChI=1S/C39H55N7O14/c1-5-10-24(33(54)38(59)40-20-31(52)53)42-36(57)28-13-9-18-46(28)39(60)27(19-23-11-7-6-8-12-23)44-37(58)32(21(2)3)45-35(56)26(15-17-30(50)51)43-34(55)25(41-22(4)47)14-16-29(48)49/h6-8,11-12,21,24-28,32H,5,9-10,13-20H2,1-4H3,(H,40,59)(H,41,47)(H,42,57)(H,43,55)(H,44,58)(H,45,56)(H,48,49)(H,50,51)(H,52,53)/t24-,25-,26-,27-,28-,32-/m0/s1. The molecule has 1 aliphatic rings. The number of benzene rings is 1. The van der Waals surface area contributed by atoms with Crippen molar-refractivity contribution in [3.05, 3.63) is 35.9 Å². The van der Waals surface area contributed by atoms with E-state index >= 15 is 0 Å². The second-order valence-corrected chi connectivity index (χ2v) is 14.6. The Morgan fingerprint density at radius 3 is 1.80 bits per heavy atom. The number of hydrogen-bond donors (Lipinski definition) is 9. The van der Waals surface area contributed by atoms with Crippen LogP contribution in [0.25, 0.3) is 0 Å². The highest BCUT2D eigenvalue weighted by atomic mass is 16.4. The van der Waals surface area contributed by atoms with Gasteiger partial charge in [0.2, 0.25) is 41.2 Å². The molecule has 1 saturated heterocycles. The van der Waals surface area contributed by atoms with Crippen molar-refractivity contribution < 1.29 is 68.1 Å². The number of carboxylic acid groups (broad SMARTS) is 3. The van der Waals surface area contributed by atoms with E-state index in [0.717, 1.165) is 6.92 Å². The van der Waals surface area contributed by atoms with Crippen molar-refractivity contribution in [3.63, 3.8) is 0 Å². The number of rotatable bonds is 25. The Kier molecular flexibility index (Phi) is 20.3. The molecule has 0 spiro atoms. The molecule has 1 aromatic carbocycles. The summed E-state index contributed by atoms with van der Waals surface area (Å²) in [5.74, 6) is -11.7. The smallest absolute Gasteiger partial charge is 0.322 e. The molecule has 0 bridgehead atoms. The van der Waals surface area contributed by atoms with Gasteiger partial charge in [-0.2, -0.15) is 0 Å². The largest absolute Gasteiger partial charge is 0.481 e. The zero-order valence-corrected chi connectivity index (χ0v) is 34.0. The molecule has 7 amide bonds. The van der Waals surface area contributed by atoms with Gasteiger partial charge in [-0.25, -0.2) is 0 Å². The first kappa shape index (κ1) is 49.7. The van der Waals surface area contributed by atoms with Crippen molar-refractivity contribution in [3.8, 4) is 0 Å². The minimum absolute atomic E-state index is 0.0438. The summed E-state index contributed by atoms with van der Waals surface area (Å²) >= 11 is 0. The van der Waals surface area contributed by atoms with Crippen LogP contribution >= 0.6 is 0 Å². The molecule has 0 radical (unpaired) electrons. The molecule has 1 heterocycles. The molecule has 1 aliphatic heterocycles. The Morgan fingerprint density at radius 1 is 0.700 bits per heavy atom. The van der Waals surface area contributed by atoms with E-state index in [9.17, 15) is 57.8 Å². The second kappa shape index (κ2) is 24.5. The van der Waals surface area contributed by atoms with E-state index < -0.39 is 133 Å². The van der Waals surface area contributed by atoms with Crippen LogP contribution in [0.4, 0.5) is 0 Å². The van der Waals surface area contributed by atoms with Crippen LogP contribution in [0.3, 0.4) is 0 Å². The number of nitrogens with one attached hydrogen (secondary N) is 6. The zero-order valence-electron chi connectivity index (χ0n) is 34.0. The third kappa shape index (κ3) is 16.5. The number of carbonyl (C=O) groups is 11. The minimum atomic E-state index is -1.55.